The minimum absolute atomic E-state index is 0. The van der Waals surface area contributed by atoms with Gasteiger partial charge in [0.15, 0.2) is 0 Å². The van der Waals surface area contributed by atoms with Crippen LogP contribution in [0, 0.1) is 43.6 Å². The van der Waals surface area contributed by atoms with Crippen LogP contribution in [0.1, 0.15) is 19.4 Å². The van der Waals surface area contributed by atoms with E-state index in [1.807, 2.05) is 6.92 Å². The molecule has 3 nitrogen and oxygen atoms in total. The van der Waals surface area contributed by atoms with E-state index in [1.54, 1.807) is 38.3 Å². The number of benzene rings is 1. The average Bonchev–Trinajstić information content (AvgIpc) is 2.48. The topological polar surface area (TPSA) is 27.7 Å². The fraction of sp³-hybridized carbons (Fsp3) is 0.500. The molecule has 3 atom stereocenters. The molecule has 0 heterocycles. The van der Waals surface area contributed by atoms with Crippen LogP contribution in [0.3, 0.4) is 0 Å². The van der Waals surface area contributed by atoms with E-state index in [0.717, 1.165) is 13.0 Å². The Hall–Kier alpha value is 1.01. The van der Waals surface area contributed by atoms with Gasteiger partial charge in [0.05, 0.1) is 6.61 Å². The SMILES string of the molecule is [2H][Si](C)([B][3H])OCC(C)[CH-]OC(C)OCc1cc(Cl)cc(Cl)c1.[U]. The van der Waals surface area contributed by atoms with Crippen LogP contribution < -0.4 is 0 Å². The Balaban J connectivity index is 0.00000529. The number of halogens is 2. The smallest absolute Gasteiger partial charge is 0.128 e. The molecule has 0 aliphatic rings. The molecule has 22 heavy (non-hydrogen) atoms. The second kappa shape index (κ2) is 12.4. The molecule has 8 heteroatoms. The maximum absolute atomic E-state index is 7.75. The van der Waals surface area contributed by atoms with Crippen LogP contribution in [-0.2, 0) is 20.5 Å². The maximum Gasteiger partial charge on any atom is 0.128 e. The van der Waals surface area contributed by atoms with Gasteiger partial charge < -0.3 is 13.9 Å². The molecule has 0 aromatic heterocycles. The van der Waals surface area contributed by atoms with Crippen molar-refractivity contribution in [3.63, 3.8) is 0 Å². The summed E-state index contributed by atoms with van der Waals surface area (Å²) < 4.78 is 31.4. The van der Waals surface area contributed by atoms with Crippen LogP contribution in [0.25, 0.3) is 0 Å². The predicted octanol–water partition coefficient (Wildman–Crippen LogP) is 3.44. The van der Waals surface area contributed by atoms with Gasteiger partial charge in [-0.1, -0.05) is 36.7 Å². The molecular weight excluding hydrogens is 564 g/mol. The van der Waals surface area contributed by atoms with Gasteiger partial charge in [-0.3, -0.25) is 0 Å². The van der Waals surface area contributed by atoms with E-state index in [1.165, 1.54) is 0 Å². The fourth-order valence-corrected chi connectivity index (χ4v) is 2.59. The summed E-state index contributed by atoms with van der Waals surface area (Å²) in [6.07, 6.45) is -0.433. The first-order valence-electron chi connectivity index (χ1n) is 7.71. The van der Waals surface area contributed by atoms with Gasteiger partial charge in [0.2, 0.25) is 0 Å². The molecule has 0 amide bonds. The van der Waals surface area contributed by atoms with Gasteiger partial charge >= 0.3 is 0 Å². The summed E-state index contributed by atoms with van der Waals surface area (Å²) in [5.41, 5.74) is 0.872. The zero-order chi connectivity index (χ0) is 17.5. The van der Waals surface area contributed by atoms with Crippen molar-refractivity contribution < 1.29 is 45.0 Å². The third-order valence-electron chi connectivity index (χ3n) is 2.48. The molecule has 121 valence electrons. The Kier molecular flexibility index (Phi) is 10.9. The zero-order valence-corrected chi connectivity index (χ0v) is 19.6. The predicted molar refractivity (Wildman–Crippen MR) is 91.4 cm³/mol. The van der Waals surface area contributed by atoms with Crippen molar-refractivity contribution in [3.05, 3.63) is 40.4 Å². The molecule has 1 aromatic rings. The molecule has 0 spiro atoms. The van der Waals surface area contributed by atoms with Crippen LogP contribution in [-0.4, -0.2) is 31.7 Å². The number of hydrogen-bond acceptors (Lipinski definition) is 3. The van der Waals surface area contributed by atoms with Crippen molar-refractivity contribution in [3.8, 4) is 0 Å². The third kappa shape index (κ3) is 10.7. The van der Waals surface area contributed by atoms with Crippen molar-refractivity contribution in [1.82, 2.24) is 0 Å². The molecule has 0 bridgehead atoms. The Bertz CT molecular complexity index is 483. The second-order valence-electron chi connectivity index (χ2n) is 4.83. The van der Waals surface area contributed by atoms with E-state index in [9.17, 15) is 0 Å². The maximum atomic E-state index is 7.75. The van der Waals surface area contributed by atoms with Gasteiger partial charge in [0.1, 0.15) is 22.5 Å². The summed E-state index contributed by atoms with van der Waals surface area (Å²) in [7, 11) is -1.62. The number of hydrogen-bond donors (Lipinski definition) is 0. The molecular formula is C14H21BCl2O3SiU-. The van der Waals surface area contributed by atoms with E-state index in [4.69, 9.17) is 39.7 Å². The van der Waals surface area contributed by atoms with Crippen LogP contribution in [0.2, 0.25) is 16.6 Å². The van der Waals surface area contributed by atoms with Gasteiger partial charge in [0, 0.05) is 49.0 Å². The monoisotopic (exact) mass is 587 g/mol. The standard InChI is InChI=1S/C14H21BCl2O3Si.U/c1-10(8-20-21(3)15)7-18-11(2)19-9-12-4-13(16)6-14(17)5-12;/h4-7,10-11,15,21H,8-9H2,1-3H3;/q-1;/i15T,21D;. The second-order valence-corrected chi connectivity index (χ2v) is 7.21. The van der Waals surface area contributed by atoms with Crippen molar-refractivity contribution >= 4 is 39.4 Å². The minimum Gasteiger partial charge on any atom is -0.529 e. The Labute approximate surface area is 172 Å². The van der Waals surface area contributed by atoms with Crippen molar-refractivity contribution in [1.29, 1.82) is 2.57 Å². The van der Waals surface area contributed by atoms with Crippen LogP contribution in [0.15, 0.2) is 18.2 Å². The summed E-state index contributed by atoms with van der Waals surface area (Å²) in [6.45, 7) is 7.67. The van der Waals surface area contributed by atoms with Crippen LogP contribution in [0.4, 0.5) is 0 Å². The van der Waals surface area contributed by atoms with E-state index in [0.29, 0.717) is 23.3 Å². The first-order chi connectivity index (χ1) is 10.7. The largest absolute Gasteiger partial charge is 0.529 e. The fourth-order valence-electron chi connectivity index (χ4n) is 1.49. The van der Waals surface area contributed by atoms with E-state index >= 15 is 0 Å². The van der Waals surface area contributed by atoms with Crippen molar-refractivity contribution in [2.45, 2.75) is 33.3 Å². The van der Waals surface area contributed by atoms with Crippen LogP contribution in [0.5, 0.6) is 0 Å². The summed E-state index contributed by atoms with van der Waals surface area (Å²) in [6, 6.07) is 5.24. The average molecular weight is 588 g/mol. The van der Waals surface area contributed by atoms with Gasteiger partial charge in [-0.25, -0.2) is 6.61 Å². The van der Waals surface area contributed by atoms with E-state index < -0.39 is 15.1 Å². The van der Waals surface area contributed by atoms with Gasteiger partial charge in [0.25, 0.3) is 0 Å². The van der Waals surface area contributed by atoms with Crippen molar-refractivity contribution in [2.24, 2.45) is 5.92 Å². The summed E-state index contributed by atoms with van der Waals surface area (Å²) >= 11 is 11.9. The molecule has 0 aliphatic carbocycles. The third-order valence-corrected chi connectivity index (χ3v) is 3.54. The molecule has 0 fully saturated rings. The Morgan fingerprint density at radius 1 is 1.41 bits per heavy atom. The zero-order valence-electron chi connectivity index (χ0n) is 14.9. The van der Waals surface area contributed by atoms with Gasteiger partial charge in [-0.15, -0.1) is 5.92 Å². The molecule has 1 aromatic carbocycles. The number of rotatable bonds is 10. The molecule has 0 N–H and O–H groups in total. The quantitative estimate of drug-likeness (QED) is 0.239. The summed E-state index contributed by atoms with van der Waals surface area (Å²) in [5, 5.41) is 1.13. The first kappa shape index (κ1) is 19.3. The summed E-state index contributed by atoms with van der Waals surface area (Å²) in [5.74, 6) is -0.00112. The van der Waals surface area contributed by atoms with Gasteiger partial charge in [-0.2, -0.15) is 0 Å². The minimum atomic E-state index is -2.71. The normalized spacial score (nSPS) is 17.5. The van der Waals surface area contributed by atoms with Gasteiger partial charge in [-0.05, 0) is 32.0 Å². The number of ether oxygens (including phenoxy) is 2. The molecule has 1 radical (unpaired) electrons. The molecule has 0 saturated heterocycles. The van der Waals surface area contributed by atoms with E-state index in [-0.39, 0.29) is 37.0 Å². The summed E-state index contributed by atoms with van der Waals surface area (Å²) in [4.78, 5) is 0. The Morgan fingerprint density at radius 3 is 2.64 bits per heavy atom. The first-order valence-corrected chi connectivity index (χ1v) is 9.38. The molecule has 1 rings (SSSR count). The van der Waals surface area contributed by atoms with E-state index in [2.05, 4.69) is 0 Å². The molecule has 0 saturated carbocycles. The molecule has 3 unspecified atom stereocenters. The van der Waals surface area contributed by atoms with Crippen LogP contribution >= 0.6 is 23.2 Å². The molecule has 0 aliphatic heterocycles. The van der Waals surface area contributed by atoms with Crippen molar-refractivity contribution in [2.75, 3.05) is 6.61 Å². The Morgan fingerprint density at radius 2 is 2.05 bits per heavy atom.